The fraction of sp³-hybridized carbons (Fsp3) is 0.364. The van der Waals surface area contributed by atoms with E-state index in [0.29, 0.717) is 26.1 Å². The highest BCUT2D eigenvalue weighted by Crippen LogP contribution is 2.22. The molecule has 148 valence electrons. The lowest BCUT2D eigenvalue weighted by atomic mass is 9.93. The largest absolute Gasteiger partial charge is 0.479 e. The van der Waals surface area contributed by atoms with Crippen LogP contribution in [-0.4, -0.2) is 57.1 Å². The van der Waals surface area contributed by atoms with Gasteiger partial charge in [0.05, 0.1) is 13.1 Å². The predicted molar refractivity (Wildman–Crippen MR) is 105 cm³/mol. The molecule has 0 aromatic heterocycles. The highest BCUT2D eigenvalue weighted by atomic mass is 16.4. The lowest BCUT2D eigenvalue weighted by Gasteiger charge is -2.37. The van der Waals surface area contributed by atoms with E-state index in [-0.39, 0.29) is 25.4 Å². The van der Waals surface area contributed by atoms with Crippen LogP contribution in [0.25, 0.3) is 0 Å². The van der Waals surface area contributed by atoms with Crippen LogP contribution in [0, 0.1) is 0 Å². The smallest absolute Gasteiger partial charge is 0.337 e. The van der Waals surface area contributed by atoms with Crippen molar-refractivity contribution in [3.05, 3.63) is 71.8 Å². The second-order valence-corrected chi connectivity index (χ2v) is 7.37. The van der Waals surface area contributed by atoms with Gasteiger partial charge in [0.15, 0.2) is 5.60 Å². The Morgan fingerprint density at radius 2 is 1.50 bits per heavy atom. The van der Waals surface area contributed by atoms with Gasteiger partial charge in [-0.05, 0) is 24.0 Å². The molecule has 6 heteroatoms. The van der Waals surface area contributed by atoms with Crippen LogP contribution >= 0.6 is 0 Å². The Labute approximate surface area is 165 Å². The van der Waals surface area contributed by atoms with Crippen LogP contribution in [0.4, 0.5) is 0 Å². The lowest BCUT2D eigenvalue weighted by Crippen LogP contribution is -2.56. The minimum absolute atomic E-state index is 0.161. The van der Waals surface area contributed by atoms with Crippen LogP contribution in [0.1, 0.15) is 24.0 Å². The zero-order valence-electron chi connectivity index (χ0n) is 15.8. The standard InChI is InChI=1S/C22H26N2O4/c25-20(24-13-7-12-22(28,17-24)21(26)27)16-23(14-18-8-3-1-4-9-18)15-19-10-5-2-6-11-19/h1-6,8-11,28H,7,12-17H2,(H,26,27). The van der Waals surface area contributed by atoms with E-state index in [1.54, 1.807) is 0 Å². The summed E-state index contributed by atoms with van der Waals surface area (Å²) in [5, 5.41) is 19.5. The SMILES string of the molecule is O=C(CN(Cc1ccccc1)Cc1ccccc1)N1CCCC(O)(C(=O)O)C1. The normalized spacial score (nSPS) is 19.6. The summed E-state index contributed by atoms with van der Waals surface area (Å²) in [6.07, 6.45) is 0.649. The Morgan fingerprint density at radius 3 is 2.00 bits per heavy atom. The van der Waals surface area contributed by atoms with Gasteiger partial charge >= 0.3 is 5.97 Å². The molecule has 1 saturated heterocycles. The number of carbonyl (C=O) groups excluding carboxylic acids is 1. The number of carboxylic acids is 1. The number of benzene rings is 2. The Kier molecular flexibility index (Phi) is 6.44. The fourth-order valence-electron chi connectivity index (χ4n) is 3.57. The molecule has 2 N–H and O–H groups in total. The summed E-state index contributed by atoms with van der Waals surface area (Å²) in [4.78, 5) is 27.7. The maximum absolute atomic E-state index is 12.9. The van der Waals surface area contributed by atoms with Crippen LogP contribution in [0.2, 0.25) is 0 Å². The number of β-amino-alcohol motifs (C(OH)–C–C–N with tert-alkyl or cyclic N) is 1. The number of hydrogen-bond acceptors (Lipinski definition) is 4. The Balaban J connectivity index is 1.70. The van der Waals surface area contributed by atoms with Gasteiger partial charge in [-0.15, -0.1) is 0 Å². The van der Waals surface area contributed by atoms with Crippen LogP contribution in [0.3, 0.4) is 0 Å². The third kappa shape index (κ3) is 5.18. The molecular formula is C22H26N2O4. The maximum Gasteiger partial charge on any atom is 0.337 e. The predicted octanol–water partition coefficient (Wildman–Crippen LogP) is 2.13. The van der Waals surface area contributed by atoms with Gasteiger partial charge in [-0.1, -0.05) is 60.7 Å². The summed E-state index contributed by atoms with van der Waals surface area (Å²) < 4.78 is 0. The molecule has 1 aliphatic rings. The number of rotatable bonds is 7. The van der Waals surface area contributed by atoms with E-state index in [1.165, 1.54) is 4.90 Å². The van der Waals surface area contributed by atoms with E-state index in [1.807, 2.05) is 65.6 Å². The second-order valence-electron chi connectivity index (χ2n) is 7.37. The van der Waals surface area contributed by atoms with Gasteiger partial charge in [-0.2, -0.15) is 0 Å². The Hall–Kier alpha value is -2.70. The van der Waals surface area contributed by atoms with Crippen molar-refractivity contribution in [3.63, 3.8) is 0 Å². The molecule has 0 spiro atoms. The molecule has 0 radical (unpaired) electrons. The molecule has 28 heavy (non-hydrogen) atoms. The molecule has 1 aliphatic heterocycles. The van der Waals surface area contributed by atoms with E-state index in [9.17, 15) is 19.8 Å². The van der Waals surface area contributed by atoms with Crippen molar-refractivity contribution in [2.75, 3.05) is 19.6 Å². The second kappa shape index (κ2) is 8.99. The van der Waals surface area contributed by atoms with E-state index in [4.69, 9.17) is 0 Å². The minimum atomic E-state index is -1.85. The van der Waals surface area contributed by atoms with Crippen molar-refractivity contribution in [1.82, 2.24) is 9.80 Å². The number of amides is 1. The average Bonchev–Trinajstić information content (AvgIpc) is 2.69. The molecule has 0 aliphatic carbocycles. The summed E-state index contributed by atoms with van der Waals surface area (Å²) in [7, 11) is 0. The highest BCUT2D eigenvalue weighted by molar-refractivity contribution is 5.82. The van der Waals surface area contributed by atoms with Gasteiger partial charge in [0.1, 0.15) is 0 Å². The fourth-order valence-corrected chi connectivity index (χ4v) is 3.57. The first-order valence-electron chi connectivity index (χ1n) is 9.50. The number of carbonyl (C=O) groups is 2. The van der Waals surface area contributed by atoms with Crippen LogP contribution in [0.5, 0.6) is 0 Å². The number of piperidine rings is 1. The van der Waals surface area contributed by atoms with Crippen molar-refractivity contribution in [3.8, 4) is 0 Å². The number of nitrogens with zero attached hydrogens (tertiary/aromatic N) is 2. The first-order valence-corrected chi connectivity index (χ1v) is 9.50. The van der Waals surface area contributed by atoms with E-state index < -0.39 is 11.6 Å². The Bertz CT molecular complexity index is 755. The third-order valence-corrected chi connectivity index (χ3v) is 5.08. The number of likely N-dealkylation sites (tertiary alicyclic amines) is 1. The van der Waals surface area contributed by atoms with E-state index >= 15 is 0 Å². The van der Waals surface area contributed by atoms with E-state index in [0.717, 1.165) is 11.1 Å². The number of aliphatic hydroxyl groups is 1. The van der Waals surface area contributed by atoms with Crippen LogP contribution < -0.4 is 0 Å². The molecular weight excluding hydrogens is 356 g/mol. The topological polar surface area (TPSA) is 81.1 Å². The summed E-state index contributed by atoms with van der Waals surface area (Å²) >= 11 is 0. The summed E-state index contributed by atoms with van der Waals surface area (Å²) in [6.45, 7) is 1.70. The molecule has 0 bridgehead atoms. The first kappa shape index (κ1) is 20.0. The maximum atomic E-state index is 12.9. The van der Waals surface area contributed by atoms with Gasteiger partial charge in [0.2, 0.25) is 5.91 Å². The Morgan fingerprint density at radius 1 is 0.964 bits per heavy atom. The van der Waals surface area contributed by atoms with Gasteiger partial charge in [-0.25, -0.2) is 4.79 Å². The van der Waals surface area contributed by atoms with Crippen molar-refractivity contribution >= 4 is 11.9 Å². The van der Waals surface area contributed by atoms with Crippen LogP contribution in [-0.2, 0) is 22.7 Å². The number of carboxylic acid groups (broad SMARTS) is 1. The molecule has 6 nitrogen and oxygen atoms in total. The highest BCUT2D eigenvalue weighted by Gasteiger charge is 2.41. The average molecular weight is 382 g/mol. The number of aliphatic carboxylic acids is 1. The molecule has 1 atom stereocenters. The van der Waals surface area contributed by atoms with Gasteiger partial charge in [-0.3, -0.25) is 9.69 Å². The molecule has 1 fully saturated rings. The van der Waals surface area contributed by atoms with Gasteiger partial charge < -0.3 is 15.1 Å². The van der Waals surface area contributed by atoms with E-state index in [2.05, 4.69) is 0 Å². The molecule has 0 saturated carbocycles. The molecule has 1 heterocycles. The number of hydrogen-bond donors (Lipinski definition) is 2. The molecule has 3 rings (SSSR count). The summed E-state index contributed by atoms with van der Waals surface area (Å²) in [5.74, 6) is -1.43. The van der Waals surface area contributed by atoms with Gasteiger partial charge in [0, 0.05) is 19.6 Å². The first-order chi connectivity index (χ1) is 13.5. The monoisotopic (exact) mass is 382 g/mol. The minimum Gasteiger partial charge on any atom is -0.479 e. The van der Waals surface area contributed by atoms with Crippen molar-refractivity contribution in [2.45, 2.75) is 31.5 Å². The van der Waals surface area contributed by atoms with Crippen molar-refractivity contribution in [1.29, 1.82) is 0 Å². The molecule has 1 unspecified atom stereocenters. The molecule has 1 amide bonds. The zero-order valence-corrected chi connectivity index (χ0v) is 15.8. The van der Waals surface area contributed by atoms with Crippen LogP contribution in [0.15, 0.2) is 60.7 Å². The lowest BCUT2D eigenvalue weighted by molar-refractivity contribution is -0.166. The quantitative estimate of drug-likeness (QED) is 0.767. The van der Waals surface area contributed by atoms with Gasteiger partial charge in [0.25, 0.3) is 0 Å². The summed E-state index contributed by atoms with van der Waals surface area (Å²) in [5.41, 5.74) is 0.358. The zero-order chi connectivity index (χ0) is 20.0. The van der Waals surface area contributed by atoms with Crippen molar-refractivity contribution < 1.29 is 19.8 Å². The molecule has 2 aromatic carbocycles. The van der Waals surface area contributed by atoms with Crippen molar-refractivity contribution in [2.24, 2.45) is 0 Å². The third-order valence-electron chi connectivity index (χ3n) is 5.08. The molecule has 2 aromatic rings. The summed E-state index contributed by atoms with van der Waals surface area (Å²) in [6, 6.07) is 19.9.